The largest absolute Gasteiger partial charge is 0.383 e. The lowest BCUT2D eigenvalue weighted by molar-refractivity contribution is 0.177. The second kappa shape index (κ2) is 6.00. The molecule has 5 nitrogen and oxygen atoms in total. The summed E-state index contributed by atoms with van der Waals surface area (Å²) in [5, 5.41) is 11.9. The monoisotopic (exact) mass is 216 g/mol. The molecular formula is C8H16N4OS. The normalized spacial score (nSPS) is 13.1. The number of hydrogen-bond donors (Lipinski definition) is 1. The molecule has 0 aliphatic heterocycles. The summed E-state index contributed by atoms with van der Waals surface area (Å²) < 4.78 is 6.98. The minimum absolute atomic E-state index is 0.349. The van der Waals surface area contributed by atoms with Crippen LogP contribution in [0.5, 0.6) is 0 Å². The van der Waals surface area contributed by atoms with E-state index >= 15 is 0 Å². The van der Waals surface area contributed by atoms with Gasteiger partial charge in [-0.15, -0.1) is 10.2 Å². The Balaban J connectivity index is 2.35. The lowest BCUT2D eigenvalue weighted by Crippen LogP contribution is -2.32. The van der Waals surface area contributed by atoms with Crippen LogP contribution >= 0.6 is 11.8 Å². The Morgan fingerprint density at radius 2 is 2.50 bits per heavy atom. The van der Waals surface area contributed by atoms with E-state index in [9.17, 15) is 0 Å². The van der Waals surface area contributed by atoms with Gasteiger partial charge in [-0.3, -0.25) is 0 Å². The average Bonchev–Trinajstić information content (AvgIpc) is 2.59. The highest BCUT2D eigenvalue weighted by atomic mass is 32.2. The van der Waals surface area contributed by atoms with Crippen LogP contribution in [0, 0.1) is 0 Å². The highest BCUT2D eigenvalue weighted by Crippen LogP contribution is 2.14. The molecule has 14 heavy (non-hydrogen) atoms. The van der Waals surface area contributed by atoms with E-state index in [4.69, 9.17) is 4.74 Å². The van der Waals surface area contributed by atoms with Crippen LogP contribution in [-0.2, 0) is 11.8 Å². The lowest BCUT2D eigenvalue weighted by atomic mass is 10.4. The van der Waals surface area contributed by atoms with Crippen LogP contribution in [-0.4, -0.2) is 47.3 Å². The molecule has 1 N–H and O–H groups in total. The topological polar surface area (TPSA) is 52.0 Å². The van der Waals surface area contributed by atoms with Gasteiger partial charge in [0.2, 0.25) is 0 Å². The number of ether oxygens (including phenoxy) is 1. The molecule has 0 saturated heterocycles. The first-order valence-electron chi connectivity index (χ1n) is 4.41. The molecule has 0 aliphatic rings. The van der Waals surface area contributed by atoms with E-state index < -0.39 is 0 Å². The summed E-state index contributed by atoms with van der Waals surface area (Å²) in [5.41, 5.74) is 0. The van der Waals surface area contributed by atoms with E-state index in [1.807, 2.05) is 18.7 Å². The van der Waals surface area contributed by atoms with Crippen molar-refractivity contribution in [3.05, 3.63) is 6.33 Å². The predicted octanol–water partition coefficient (Wildman–Crippen LogP) is 0.142. The number of aryl methyl sites for hydroxylation is 1. The molecule has 0 amide bonds. The molecule has 0 bridgehead atoms. The van der Waals surface area contributed by atoms with E-state index in [2.05, 4.69) is 15.5 Å². The first-order chi connectivity index (χ1) is 6.77. The van der Waals surface area contributed by atoms with Gasteiger partial charge in [0.15, 0.2) is 5.16 Å². The van der Waals surface area contributed by atoms with Gasteiger partial charge in [0.05, 0.1) is 6.61 Å². The van der Waals surface area contributed by atoms with Gasteiger partial charge >= 0.3 is 0 Å². The Labute approximate surface area is 88.2 Å². The van der Waals surface area contributed by atoms with Gasteiger partial charge in [-0.05, 0) is 7.05 Å². The maximum Gasteiger partial charge on any atom is 0.190 e. The summed E-state index contributed by atoms with van der Waals surface area (Å²) in [4.78, 5) is 0. The molecule has 1 atom stereocenters. The Kier molecular flexibility index (Phi) is 4.92. The zero-order valence-electron chi connectivity index (χ0n) is 8.73. The quantitative estimate of drug-likeness (QED) is 0.686. The fraction of sp³-hybridized carbons (Fsp3) is 0.750. The Bertz CT molecular complexity index is 266. The van der Waals surface area contributed by atoms with E-state index in [1.165, 1.54) is 0 Å². The van der Waals surface area contributed by atoms with Crippen LogP contribution in [0.3, 0.4) is 0 Å². The van der Waals surface area contributed by atoms with Gasteiger partial charge in [0, 0.05) is 26.0 Å². The minimum atomic E-state index is 0.349. The van der Waals surface area contributed by atoms with Gasteiger partial charge < -0.3 is 14.6 Å². The molecule has 0 aliphatic carbocycles. The van der Waals surface area contributed by atoms with E-state index in [0.717, 1.165) is 10.9 Å². The highest BCUT2D eigenvalue weighted by Gasteiger charge is 2.08. The molecule has 80 valence electrons. The summed E-state index contributed by atoms with van der Waals surface area (Å²) >= 11 is 1.67. The molecule has 1 heterocycles. The average molecular weight is 216 g/mol. The van der Waals surface area contributed by atoms with Crippen LogP contribution in [0.25, 0.3) is 0 Å². The number of thioether (sulfide) groups is 1. The molecular weight excluding hydrogens is 200 g/mol. The summed E-state index contributed by atoms with van der Waals surface area (Å²) in [6, 6.07) is 0.349. The van der Waals surface area contributed by atoms with Crippen molar-refractivity contribution < 1.29 is 4.74 Å². The fourth-order valence-corrected chi connectivity index (χ4v) is 1.96. The molecule has 0 fully saturated rings. The number of nitrogens with one attached hydrogen (secondary N) is 1. The van der Waals surface area contributed by atoms with Crippen LogP contribution in [0.2, 0.25) is 0 Å². The Hall–Kier alpha value is -0.590. The third kappa shape index (κ3) is 3.28. The number of hydrogen-bond acceptors (Lipinski definition) is 5. The molecule has 1 rings (SSSR count). The van der Waals surface area contributed by atoms with Gasteiger partial charge in [-0.1, -0.05) is 11.8 Å². The van der Waals surface area contributed by atoms with Gasteiger partial charge in [0.25, 0.3) is 0 Å². The van der Waals surface area contributed by atoms with Crippen molar-refractivity contribution in [1.29, 1.82) is 0 Å². The number of methoxy groups -OCH3 is 1. The molecule has 0 radical (unpaired) electrons. The summed E-state index contributed by atoms with van der Waals surface area (Å²) in [6.07, 6.45) is 1.70. The SMILES string of the molecule is CNC(COC)CSc1nncn1C. The number of rotatable bonds is 6. The van der Waals surface area contributed by atoms with Crippen LogP contribution in [0.15, 0.2) is 11.5 Å². The van der Waals surface area contributed by atoms with Crippen molar-refractivity contribution in [2.45, 2.75) is 11.2 Å². The minimum Gasteiger partial charge on any atom is -0.383 e. The molecule has 1 unspecified atom stereocenters. The van der Waals surface area contributed by atoms with E-state index in [-0.39, 0.29) is 0 Å². The Morgan fingerprint density at radius 3 is 3.00 bits per heavy atom. The lowest BCUT2D eigenvalue weighted by Gasteiger charge is -2.13. The van der Waals surface area contributed by atoms with E-state index in [0.29, 0.717) is 12.6 Å². The standard InChI is InChI=1S/C8H16N4OS/c1-9-7(4-13-3)5-14-8-11-10-6-12(8)2/h6-7,9H,4-5H2,1-3H3. The Morgan fingerprint density at radius 1 is 1.71 bits per heavy atom. The molecule has 0 saturated carbocycles. The molecule has 1 aromatic rings. The zero-order chi connectivity index (χ0) is 10.4. The summed E-state index contributed by atoms with van der Waals surface area (Å²) in [5.74, 6) is 0.927. The van der Waals surface area contributed by atoms with Crippen molar-refractivity contribution >= 4 is 11.8 Å². The molecule has 0 spiro atoms. The molecule has 1 aromatic heterocycles. The fourth-order valence-electron chi connectivity index (χ4n) is 0.994. The van der Waals surface area contributed by atoms with Crippen molar-refractivity contribution in [2.75, 3.05) is 26.5 Å². The predicted molar refractivity (Wildman–Crippen MR) is 56.5 cm³/mol. The smallest absolute Gasteiger partial charge is 0.190 e. The maximum atomic E-state index is 5.08. The maximum absolute atomic E-state index is 5.08. The zero-order valence-corrected chi connectivity index (χ0v) is 9.54. The van der Waals surface area contributed by atoms with Crippen molar-refractivity contribution in [3.8, 4) is 0 Å². The third-order valence-electron chi connectivity index (χ3n) is 1.86. The van der Waals surface area contributed by atoms with Gasteiger partial charge in [-0.2, -0.15) is 0 Å². The van der Waals surface area contributed by atoms with Gasteiger partial charge in [-0.25, -0.2) is 0 Å². The van der Waals surface area contributed by atoms with E-state index in [1.54, 1.807) is 25.2 Å². The molecule has 6 heteroatoms. The number of nitrogens with zero attached hydrogens (tertiary/aromatic N) is 3. The summed E-state index contributed by atoms with van der Waals surface area (Å²) in [6.45, 7) is 0.710. The first kappa shape index (κ1) is 11.5. The van der Waals surface area contributed by atoms with Gasteiger partial charge in [0.1, 0.15) is 6.33 Å². The van der Waals surface area contributed by atoms with Crippen molar-refractivity contribution in [1.82, 2.24) is 20.1 Å². The highest BCUT2D eigenvalue weighted by molar-refractivity contribution is 7.99. The van der Waals surface area contributed by atoms with Crippen LogP contribution in [0.1, 0.15) is 0 Å². The number of likely N-dealkylation sites (N-methyl/N-ethyl adjacent to an activating group) is 1. The second-order valence-corrected chi connectivity index (χ2v) is 3.96. The van der Waals surface area contributed by atoms with Crippen LogP contribution < -0.4 is 5.32 Å². The second-order valence-electron chi connectivity index (χ2n) is 2.98. The summed E-state index contributed by atoms with van der Waals surface area (Å²) in [7, 11) is 5.57. The van der Waals surface area contributed by atoms with Crippen LogP contribution in [0.4, 0.5) is 0 Å². The third-order valence-corrected chi connectivity index (χ3v) is 3.06. The van der Waals surface area contributed by atoms with Crippen molar-refractivity contribution in [3.63, 3.8) is 0 Å². The van der Waals surface area contributed by atoms with Crippen molar-refractivity contribution in [2.24, 2.45) is 7.05 Å². The number of aromatic nitrogens is 3. The molecule has 0 aromatic carbocycles. The first-order valence-corrected chi connectivity index (χ1v) is 5.39.